The maximum Gasteiger partial charge on any atom is 0.233 e. The molecule has 0 fully saturated rings. The van der Waals surface area contributed by atoms with E-state index in [1.54, 1.807) is 0 Å². The first-order valence-electron chi connectivity index (χ1n) is 6.19. The number of nitriles is 1. The molecule has 0 radical (unpaired) electrons. The van der Waals surface area contributed by atoms with Crippen LogP contribution >= 0.6 is 0 Å². The average Bonchev–Trinajstić information content (AvgIpc) is 2.30. The lowest BCUT2D eigenvalue weighted by molar-refractivity contribution is -0.120. The molecule has 0 aromatic carbocycles. The molecule has 0 aliphatic heterocycles. The SMILES string of the molecule is CCCC(CCO)CNCC(=O)NCCC#N. The molecule has 0 aromatic rings. The molecule has 0 rings (SSSR count). The first kappa shape index (κ1) is 15.9. The Balaban J connectivity index is 3.58. The molecule has 0 saturated heterocycles. The van der Waals surface area contributed by atoms with Crippen molar-refractivity contribution < 1.29 is 9.90 Å². The van der Waals surface area contributed by atoms with Crippen molar-refractivity contribution in [2.45, 2.75) is 32.6 Å². The van der Waals surface area contributed by atoms with Crippen LogP contribution in [-0.2, 0) is 4.79 Å². The van der Waals surface area contributed by atoms with E-state index in [9.17, 15) is 4.79 Å². The Morgan fingerprint density at radius 1 is 1.47 bits per heavy atom. The molecule has 17 heavy (non-hydrogen) atoms. The number of rotatable bonds is 10. The lowest BCUT2D eigenvalue weighted by Crippen LogP contribution is -2.36. The number of amides is 1. The summed E-state index contributed by atoms with van der Waals surface area (Å²) >= 11 is 0. The molecule has 0 aliphatic rings. The quantitative estimate of drug-likeness (QED) is 0.483. The number of nitrogens with zero attached hydrogens (tertiary/aromatic N) is 1. The summed E-state index contributed by atoms with van der Waals surface area (Å²) in [6, 6.07) is 1.97. The number of carbonyl (C=O) groups is 1. The normalized spacial score (nSPS) is 11.8. The molecule has 0 bridgehead atoms. The summed E-state index contributed by atoms with van der Waals surface area (Å²) < 4.78 is 0. The highest BCUT2D eigenvalue weighted by Crippen LogP contribution is 2.08. The van der Waals surface area contributed by atoms with E-state index >= 15 is 0 Å². The number of aliphatic hydroxyl groups is 1. The van der Waals surface area contributed by atoms with E-state index in [1.165, 1.54) is 0 Å². The molecule has 0 heterocycles. The summed E-state index contributed by atoms with van der Waals surface area (Å²) in [6.07, 6.45) is 3.26. The van der Waals surface area contributed by atoms with E-state index in [4.69, 9.17) is 10.4 Å². The maximum absolute atomic E-state index is 11.3. The van der Waals surface area contributed by atoms with Gasteiger partial charge in [-0.3, -0.25) is 4.79 Å². The van der Waals surface area contributed by atoms with Crippen molar-refractivity contribution in [3.63, 3.8) is 0 Å². The second kappa shape index (κ2) is 11.4. The molecule has 0 saturated carbocycles. The molecule has 0 aromatic heterocycles. The van der Waals surface area contributed by atoms with Gasteiger partial charge >= 0.3 is 0 Å². The van der Waals surface area contributed by atoms with Crippen molar-refractivity contribution in [1.82, 2.24) is 10.6 Å². The fraction of sp³-hybridized carbons (Fsp3) is 0.833. The van der Waals surface area contributed by atoms with Crippen molar-refractivity contribution in [3.05, 3.63) is 0 Å². The van der Waals surface area contributed by atoms with Gasteiger partial charge in [0.25, 0.3) is 0 Å². The minimum absolute atomic E-state index is 0.0838. The number of nitrogens with one attached hydrogen (secondary N) is 2. The number of aliphatic hydroxyl groups excluding tert-OH is 1. The van der Waals surface area contributed by atoms with E-state index in [0.29, 0.717) is 18.9 Å². The molecule has 1 amide bonds. The predicted molar refractivity (Wildman–Crippen MR) is 66.2 cm³/mol. The Kier molecular flexibility index (Phi) is 10.6. The Bertz CT molecular complexity index is 232. The van der Waals surface area contributed by atoms with Gasteiger partial charge in [0.2, 0.25) is 5.91 Å². The average molecular weight is 241 g/mol. The van der Waals surface area contributed by atoms with Gasteiger partial charge in [-0.1, -0.05) is 13.3 Å². The highest BCUT2D eigenvalue weighted by molar-refractivity contribution is 5.77. The van der Waals surface area contributed by atoms with Crippen molar-refractivity contribution in [2.75, 3.05) is 26.2 Å². The molecular formula is C12H23N3O2. The van der Waals surface area contributed by atoms with E-state index in [0.717, 1.165) is 25.8 Å². The highest BCUT2D eigenvalue weighted by atomic mass is 16.3. The van der Waals surface area contributed by atoms with Crippen LogP contribution in [-0.4, -0.2) is 37.3 Å². The maximum atomic E-state index is 11.3. The molecular weight excluding hydrogens is 218 g/mol. The fourth-order valence-electron chi connectivity index (χ4n) is 1.65. The molecule has 1 unspecified atom stereocenters. The number of hydrogen-bond acceptors (Lipinski definition) is 4. The van der Waals surface area contributed by atoms with Gasteiger partial charge in [-0.2, -0.15) is 5.26 Å². The monoisotopic (exact) mass is 241 g/mol. The molecule has 0 aliphatic carbocycles. The smallest absolute Gasteiger partial charge is 0.233 e. The Labute approximate surface area is 103 Å². The third kappa shape index (κ3) is 9.79. The zero-order valence-corrected chi connectivity index (χ0v) is 10.5. The second-order valence-electron chi connectivity index (χ2n) is 4.06. The summed E-state index contributed by atoms with van der Waals surface area (Å²) in [7, 11) is 0. The van der Waals surface area contributed by atoms with E-state index in [-0.39, 0.29) is 19.1 Å². The summed E-state index contributed by atoms with van der Waals surface area (Å²) in [6.45, 7) is 3.74. The van der Waals surface area contributed by atoms with Crippen LogP contribution in [0.15, 0.2) is 0 Å². The van der Waals surface area contributed by atoms with Crippen LogP contribution in [0.2, 0.25) is 0 Å². The van der Waals surface area contributed by atoms with Crippen LogP contribution in [0.4, 0.5) is 0 Å². The fourth-order valence-corrected chi connectivity index (χ4v) is 1.65. The number of hydrogen-bond donors (Lipinski definition) is 3. The Morgan fingerprint density at radius 3 is 2.82 bits per heavy atom. The van der Waals surface area contributed by atoms with Gasteiger partial charge in [-0.15, -0.1) is 0 Å². The van der Waals surface area contributed by atoms with Crippen molar-refractivity contribution in [2.24, 2.45) is 5.92 Å². The Morgan fingerprint density at radius 2 is 2.24 bits per heavy atom. The van der Waals surface area contributed by atoms with Gasteiger partial charge in [0.1, 0.15) is 0 Å². The lowest BCUT2D eigenvalue weighted by atomic mass is 10.0. The zero-order chi connectivity index (χ0) is 12.9. The van der Waals surface area contributed by atoms with Crippen molar-refractivity contribution >= 4 is 5.91 Å². The molecule has 1 atom stereocenters. The van der Waals surface area contributed by atoms with E-state index in [2.05, 4.69) is 17.6 Å². The van der Waals surface area contributed by atoms with Crippen LogP contribution in [0.5, 0.6) is 0 Å². The van der Waals surface area contributed by atoms with Gasteiger partial charge in [0.15, 0.2) is 0 Å². The summed E-state index contributed by atoms with van der Waals surface area (Å²) in [5, 5.41) is 22.9. The minimum atomic E-state index is -0.0838. The third-order valence-electron chi connectivity index (χ3n) is 2.51. The molecule has 3 N–H and O–H groups in total. The first-order chi connectivity index (χ1) is 8.24. The minimum Gasteiger partial charge on any atom is -0.396 e. The van der Waals surface area contributed by atoms with Gasteiger partial charge in [0, 0.05) is 13.2 Å². The van der Waals surface area contributed by atoms with Gasteiger partial charge in [-0.05, 0) is 25.3 Å². The highest BCUT2D eigenvalue weighted by Gasteiger charge is 2.07. The first-order valence-corrected chi connectivity index (χ1v) is 6.19. The largest absolute Gasteiger partial charge is 0.396 e. The second-order valence-corrected chi connectivity index (χ2v) is 4.06. The number of carbonyl (C=O) groups excluding carboxylic acids is 1. The lowest BCUT2D eigenvalue weighted by Gasteiger charge is -2.15. The summed E-state index contributed by atoms with van der Waals surface area (Å²) in [4.78, 5) is 11.3. The topological polar surface area (TPSA) is 85.2 Å². The van der Waals surface area contributed by atoms with Crippen LogP contribution in [0.3, 0.4) is 0 Å². The van der Waals surface area contributed by atoms with E-state index < -0.39 is 0 Å². The van der Waals surface area contributed by atoms with E-state index in [1.807, 2.05) is 6.07 Å². The van der Waals surface area contributed by atoms with Crippen LogP contribution in [0.25, 0.3) is 0 Å². The van der Waals surface area contributed by atoms with Crippen LogP contribution in [0, 0.1) is 17.2 Å². The van der Waals surface area contributed by atoms with Crippen LogP contribution < -0.4 is 10.6 Å². The van der Waals surface area contributed by atoms with Crippen molar-refractivity contribution in [1.29, 1.82) is 5.26 Å². The third-order valence-corrected chi connectivity index (χ3v) is 2.51. The molecule has 0 spiro atoms. The molecule has 5 nitrogen and oxygen atoms in total. The summed E-state index contributed by atoms with van der Waals surface area (Å²) in [5.41, 5.74) is 0. The van der Waals surface area contributed by atoms with Gasteiger partial charge in [-0.25, -0.2) is 0 Å². The van der Waals surface area contributed by atoms with Crippen molar-refractivity contribution in [3.8, 4) is 6.07 Å². The van der Waals surface area contributed by atoms with Gasteiger partial charge < -0.3 is 15.7 Å². The van der Waals surface area contributed by atoms with Gasteiger partial charge in [0.05, 0.1) is 19.0 Å². The standard InChI is InChI=1S/C12H23N3O2/c1-2-4-11(5-8-16)9-14-10-12(17)15-7-3-6-13/h11,14,16H,2-5,7-10H2,1H3,(H,15,17). The summed E-state index contributed by atoms with van der Waals surface area (Å²) in [5.74, 6) is 0.344. The Hall–Kier alpha value is -1.12. The zero-order valence-electron chi connectivity index (χ0n) is 10.5. The molecule has 98 valence electrons. The van der Waals surface area contributed by atoms with Crippen LogP contribution in [0.1, 0.15) is 32.6 Å². The molecule has 5 heteroatoms. The predicted octanol–water partition coefficient (Wildman–Crippen LogP) is 0.405.